The highest BCUT2D eigenvalue weighted by Gasteiger charge is 2.44. The molecule has 1 saturated carbocycles. The minimum Gasteiger partial charge on any atom is -0.313 e. The van der Waals surface area contributed by atoms with E-state index in [1.807, 2.05) is 0 Å². The van der Waals surface area contributed by atoms with Gasteiger partial charge < -0.3 is 5.32 Å². The summed E-state index contributed by atoms with van der Waals surface area (Å²) in [6.45, 7) is 1.24. The summed E-state index contributed by atoms with van der Waals surface area (Å²) in [7, 11) is 0. The van der Waals surface area contributed by atoms with Crippen molar-refractivity contribution < 1.29 is 0 Å². The lowest BCUT2D eigenvalue weighted by atomic mass is 9.60. The van der Waals surface area contributed by atoms with Crippen molar-refractivity contribution in [3.8, 4) is 0 Å². The second-order valence-electron chi connectivity index (χ2n) is 5.53. The van der Waals surface area contributed by atoms with E-state index in [1.54, 1.807) is 0 Å². The summed E-state index contributed by atoms with van der Waals surface area (Å²) in [5.74, 6) is 0. The van der Waals surface area contributed by atoms with Gasteiger partial charge in [-0.05, 0) is 49.6 Å². The van der Waals surface area contributed by atoms with Crippen LogP contribution in [0.1, 0.15) is 37.7 Å². The molecule has 1 unspecified atom stereocenters. The average Bonchev–Trinajstić information content (AvgIpc) is 2.78. The zero-order chi connectivity index (χ0) is 10.8. The molecular formula is C15H21N. The summed E-state index contributed by atoms with van der Waals surface area (Å²) < 4.78 is 0. The van der Waals surface area contributed by atoms with E-state index in [0.29, 0.717) is 5.41 Å². The first kappa shape index (κ1) is 10.3. The molecule has 0 bridgehead atoms. The highest BCUT2D eigenvalue weighted by molar-refractivity contribution is 5.19. The molecule has 1 heterocycles. The summed E-state index contributed by atoms with van der Waals surface area (Å²) in [5, 5.41) is 3.72. The first-order valence-electron chi connectivity index (χ1n) is 6.66. The van der Waals surface area contributed by atoms with Crippen molar-refractivity contribution in [1.29, 1.82) is 0 Å². The first-order chi connectivity index (χ1) is 7.89. The van der Waals surface area contributed by atoms with Crippen LogP contribution in [0.5, 0.6) is 0 Å². The molecule has 1 N–H and O–H groups in total. The van der Waals surface area contributed by atoms with E-state index in [4.69, 9.17) is 0 Å². The molecule has 1 atom stereocenters. The third kappa shape index (κ3) is 1.78. The van der Waals surface area contributed by atoms with E-state index >= 15 is 0 Å². The maximum absolute atomic E-state index is 3.72. The second kappa shape index (κ2) is 4.21. The van der Waals surface area contributed by atoms with Gasteiger partial charge in [-0.15, -0.1) is 0 Å². The third-order valence-electron chi connectivity index (χ3n) is 4.55. The van der Waals surface area contributed by atoms with Gasteiger partial charge in [0.2, 0.25) is 0 Å². The molecule has 0 spiro atoms. The van der Waals surface area contributed by atoms with Gasteiger partial charge in [0.25, 0.3) is 0 Å². The van der Waals surface area contributed by atoms with E-state index < -0.39 is 0 Å². The van der Waals surface area contributed by atoms with E-state index in [1.165, 1.54) is 50.6 Å². The van der Waals surface area contributed by atoms with Gasteiger partial charge in [-0.25, -0.2) is 0 Å². The topological polar surface area (TPSA) is 12.0 Å². The van der Waals surface area contributed by atoms with Crippen molar-refractivity contribution >= 4 is 0 Å². The predicted molar refractivity (Wildman–Crippen MR) is 67.5 cm³/mol. The van der Waals surface area contributed by atoms with Crippen molar-refractivity contribution in [3.63, 3.8) is 0 Å². The van der Waals surface area contributed by atoms with Gasteiger partial charge in [-0.3, -0.25) is 0 Å². The monoisotopic (exact) mass is 215 g/mol. The van der Waals surface area contributed by atoms with Gasteiger partial charge in [-0.1, -0.05) is 36.8 Å². The van der Waals surface area contributed by atoms with Crippen LogP contribution in [-0.2, 0) is 6.42 Å². The van der Waals surface area contributed by atoms with Crippen LogP contribution in [0, 0.1) is 5.41 Å². The maximum Gasteiger partial charge on any atom is 0.0127 e. The first-order valence-corrected chi connectivity index (χ1v) is 6.66. The Balaban J connectivity index is 1.75. The number of hydrogen-bond donors (Lipinski definition) is 1. The lowest BCUT2D eigenvalue weighted by Gasteiger charge is -2.47. The smallest absolute Gasteiger partial charge is 0.0127 e. The fraction of sp³-hybridized carbons (Fsp3) is 0.600. The highest BCUT2D eigenvalue weighted by atomic mass is 15.0. The van der Waals surface area contributed by atoms with Crippen LogP contribution in [0.25, 0.3) is 0 Å². The van der Waals surface area contributed by atoms with E-state index in [9.17, 15) is 0 Å². The minimum atomic E-state index is 0.595. The molecule has 2 aliphatic rings. The Morgan fingerprint density at radius 1 is 1.12 bits per heavy atom. The van der Waals surface area contributed by atoms with Gasteiger partial charge in [-0.2, -0.15) is 0 Å². The highest BCUT2D eigenvalue weighted by Crippen LogP contribution is 2.48. The minimum absolute atomic E-state index is 0.595. The Morgan fingerprint density at radius 3 is 2.50 bits per heavy atom. The largest absolute Gasteiger partial charge is 0.313 e. The summed E-state index contributed by atoms with van der Waals surface area (Å²) in [4.78, 5) is 0. The SMILES string of the molecule is c1ccc(CC2(C3CCCN3)CCC2)cc1. The molecule has 1 saturated heterocycles. The standard InChI is InChI=1S/C15H21N/c1-2-6-13(7-3-1)12-15(9-5-10-15)14-8-4-11-16-14/h1-3,6-7,14,16H,4-5,8-12H2. The van der Waals surface area contributed by atoms with Crippen LogP contribution in [0.15, 0.2) is 30.3 Å². The summed E-state index contributed by atoms with van der Waals surface area (Å²) in [6.07, 6.45) is 8.35. The van der Waals surface area contributed by atoms with Gasteiger partial charge >= 0.3 is 0 Å². The molecule has 1 nitrogen and oxygen atoms in total. The summed E-state index contributed by atoms with van der Waals surface area (Å²) in [5.41, 5.74) is 2.12. The van der Waals surface area contributed by atoms with E-state index in [0.717, 1.165) is 6.04 Å². The zero-order valence-electron chi connectivity index (χ0n) is 9.91. The number of nitrogens with one attached hydrogen (secondary N) is 1. The molecule has 1 heteroatoms. The van der Waals surface area contributed by atoms with E-state index in [2.05, 4.69) is 35.6 Å². The van der Waals surface area contributed by atoms with Crippen molar-refractivity contribution in [2.45, 2.75) is 44.6 Å². The number of hydrogen-bond acceptors (Lipinski definition) is 1. The fourth-order valence-corrected chi connectivity index (χ4v) is 3.49. The maximum atomic E-state index is 3.72. The Hall–Kier alpha value is -0.820. The van der Waals surface area contributed by atoms with Crippen LogP contribution in [-0.4, -0.2) is 12.6 Å². The van der Waals surface area contributed by atoms with Crippen LogP contribution in [0.4, 0.5) is 0 Å². The molecule has 0 aromatic heterocycles. The second-order valence-corrected chi connectivity index (χ2v) is 5.53. The molecule has 3 rings (SSSR count). The molecule has 16 heavy (non-hydrogen) atoms. The van der Waals surface area contributed by atoms with Crippen molar-refractivity contribution in [2.75, 3.05) is 6.54 Å². The normalized spacial score (nSPS) is 27.6. The molecular weight excluding hydrogens is 194 g/mol. The molecule has 1 aliphatic carbocycles. The molecule has 86 valence electrons. The van der Waals surface area contributed by atoms with Crippen LogP contribution in [0.3, 0.4) is 0 Å². The number of benzene rings is 1. The Kier molecular flexibility index (Phi) is 2.72. The summed E-state index contributed by atoms with van der Waals surface area (Å²) >= 11 is 0. The molecule has 1 aliphatic heterocycles. The Morgan fingerprint density at radius 2 is 1.94 bits per heavy atom. The molecule has 0 radical (unpaired) electrons. The van der Waals surface area contributed by atoms with E-state index in [-0.39, 0.29) is 0 Å². The van der Waals surface area contributed by atoms with Gasteiger partial charge in [0.05, 0.1) is 0 Å². The van der Waals surface area contributed by atoms with Crippen LogP contribution < -0.4 is 5.32 Å². The van der Waals surface area contributed by atoms with Crippen molar-refractivity contribution in [3.05, 3.63) is 35.9 Å². The third-order valence-corrected chi connectivity index (χ3v) is 4.55. The number of rotatable bonds is 3. The van der Waals surface area contributed by atoms with Gasteiger partial charge in [0.15, 0.2) is 0 Å². The average molecular weight is 215 g/mol. The molecule has 1 aromatic rings. The lowest BCUT2D eigenvalue weighted by molar-refractivity contribution is 0.0836. The van der Waals surface area contributed by atoms with Crippen LogP contribution in [0.2, 0.25) is 0 Å². The van der Waals surface area contributed by atoms with Crippen molar-refractivity contribution in [2.24, 2.45) is 5.41 Å². The Labute approximate surface area is 98.3 Å². The summed E-state index contributed by atoms with van der Waals surface area (Å²) in [6, 6.07) is 11.8. The van der Waals surface area contributed by atoms with Crippen molar-refractivity contribution in [1.82, 2.24) is 5.32 Å². The predicted octanol–water partition coefficient (Wildman–Crippen LogP) is 3.15. The van der Waals surface area contributed by atoms with Gasteiger partial charge in [0.1, 0.15) is 0 Å². The van der Waals surface area contributed by atoms with Crippen LogP contribution >= 0.6 is 0 Å². The molecule has 2 fully saturated rings. The fourth-order valence-electron chi connectivity index (χ4n) is 3.49. The Bertz CT molecular complexity index is 334. The van der Waals surface area contributed by atoms with Gasteiger partial charge in [0, 0.05) is 6.04 Å². The lowest BCUT2D eigenvalue weighted by Crippen LogP contribution is -2.47. The molecule has 0 amide bonds. The molecule has 1 aromatic carbocycles. The zero-order valence-corrected chi connectivity index (χ0v) is 9.91. The quantitative estimate of drug-likeness (QED) is 0.816.